The average molecular weight is 329 g/mol. The maximum absolute atomic E-state index is 12.4. The van der Waals surface area contributed by atoms with Crippen LogP contribution >= 0.6 is 0 Å². The number of aromatic nitrogens is 1. The summed E-state index contributed by atoms with van der Waals surface area (Å²) in [5, 5.41) is 1.13. The Balaban J connectivity index is 2.12. The van der Waals surface area contributed by atoms with Gasteiger partial charge in [0.05, 0.1) is 5.52 Å². The lowest BCUT2D eigenvalue weighted by Gasteiger charge is -2.23. The fourth-order valence-electron chi connectivity index (χ4n) is 3.33. The van der Waals surface area contributed by atoms with Crippen LogP contribution in [0, 0.1) is 18.8 Å². The molecule has 0 fully saturated rings. The van der Waals surface area contributed by atoms with Crippen molar-refractivity contribution in [2.75, 3.05) is 0 Å². The van der Waals surface area contributed by atoms with Crippen molar-refractivity contribution in [1.29, 1.82) is 0 Å². The lowest BCUT2D eigenvalue weighted by Crippen LogP contribution is -2.26. The van der Waals surface area contributed by atoms with Gasteiger partial charge >= 0.3 is 0 Å². The number of aryl methyl sites for hydroxylation is 1. The van der Waals surface area contributed by atoms with Crippen LogP contribution in [0.1, 0.15) is 52.0 Å². The smallest absolute Gasteiger partial charge is 0.251 e. The SMILES string of the molecule is CCCC(N)CCC(C)C(C)Cn1c(=O)ccc2ccc(C)cc21. The first-order chi connectivity index (χ1) is 11.4. The number of hydrogen-bond donors (Lipinski definition) is 1. The third-order valence-corrected chi connectivity index (χ3v) is 5.24. The van der Waals surface area contributed by atoms with E-state index >= 15 is 0 Å². The molecular weight excluding hydrogens is 296 g/mol. The summed E-state index contributed by atoms with van der Waals surface area (Å²) in [6.45, 7) is 9.55. The number of nitrogens with zero attached hydrogens (tertiary/aromatic N) is 1. The van der Waals surface area contributed by atoms with Crippen molar-refractivity contribution < 1.29 is 0 Å². The molecule has 3 heteroatoms. The molecule has 0 saturated carbocycles. The molecule has 3 atom stereocenters. The molecule has 0 amide bonds. The lowest BCUT2D eigenvalue weighted by molar-refractivity contribution is 0.308. The van der Waals surface area contributed by atoms with Gasteiger partial charge in [-0.1, -0.05) is 39.3 Å². The fourth-order valence-corrected chi connectivity index (χ4v) is 3.33. The van der Waals surface area contributed by atoms with E-state index < -0.39 is 0 Å². The highest BCUT2D eigenvalue weighted by molar-refractivity contribution is 5.79. The van der Waals surface area contributed by atoms with E-state index in [1.54, 1.807) is 6.07 Å². The van der Waals surface area contributed by atoms with E-state index in [9.17, 15) is 4.79 Å². The second-order valence-electron chi connectivity index (χ2n) is 7.43. The van der Waals surface area contributed by atoms with Crippen molar-refractivity contribution in [1.82, 2.24) is 4.57 Å². The molecular formula is C21H32N2O. The normalized spacial score (nSPS) is 15.4. The number of pyridine rings is 1. The fraction of sp³-hybridized carbons (Fsp3) is 0.571. The van der Waals surface area contributed by atoms with Gasteiger partial charge in [-0.3, -0.25) is 4.79 Å². The summed E-state index contributed by atoms with van der Waals surface area (Å²) in [6, 6.07) is 10.2. The minimum absolute atomic E-state index is 0.0924. The Morgan fingerprint density at radius 3 is 2.46 bits per heavy atom. The summed E-state index contributed by atoms with van der Waals surface area (Å²) in [6.07, 6.45) is 4.45. The van der Waals surface area contributed by atoms with Crippen molar-refractivity contribution in [3.8, 4) is 0 Å². The Kier molecular flexibility index (Phi) is 6.61. The lowest BCUT2D eigenvalue weighted by atomic mass is 9.89. The largest absolute Gasteiger partial charge is 0.328 e. The Hall–Kier alpha value is -1.61. The van der Waals surface area contributed by atoms with Gasteiger partial charge in [0.25, 0.3) is 5.56 Å². The zero-order valence-corrected chi connectivity index (χ0v) is 15.6. The molecule has 0 aliphatic carbocycles. The van der Waals surface area contributed by atoms with Gasteiger partial charge in [0.2, 0.25) is 0 Å². The van der Waals surface area contributed by atoms with Crippen molar-refractivity contribution in [3.63, 3.8) is 0 Å². The van der Waals surface area contributed by atoms with Crippen LogP contribution in [-0.2, 0) is 6.54 Å². The van der Waals surface area contributed by atoms with Gasteiger partial charge in [0.1, 0.15) is 0 Å². The molecule has 2 N–H and O–H groups in total. The van der Waals surface area contributed by atoms with Crippen LogP contribution in [0.5, 0.6) is 0 Å². The predicted octanol–water partition coefficient (Wildman–Crippen LogP) is 4.49. The number of fused-ring (bicyclic) bond motifs is 1. The van der Waals surface area contributed by atoms with Crippen molar-refractivity contribution >= 4 is 10.9 Å². The first-order valence-electron chi connectivity index (χ1n) is 9.28. The molecule has 3 nitrogen and oxygen atoms in total. The van der Waals surface area contributed by atoms with Gasteiger partial charge in [-0.05, 0) is 61.1 Å². The van der Waals surface area contributed by atoms with Crippen molar-refractivity contribution in [2.24, 2.45) is 17.6 Å². The molecule has 1 heterocycles. The highest BCUT2D eigenvalue weighted by atomic mass is 16.1. The molecule has 0 aliphatic rings. The summed E-state index contributed by atoms with van der Waals surface area (Å²) in [7, 11) is 0. The summed E-state index contributed by atoms with van der Waals surface area (Å²) in [5.41, 5.74) is 8.47. The number of hydrogen-bond acceptors (Lipinski definition) is 2. The Labute approximate surface area is 145 Å². The molecule has 2 rings (SSSR count). The molecule has 0 saturated heterocycles. The third kappa shape index (κ3) is 4.70. The molecule has 1 aromatic heterocycles. The van der Waals surface area contributed by atoms with Gasteiger partial charge in [-0.15, -0.1) is 0 Å². The molecule has 0 spiro atoms. The van der Waals surface area contributed by atoms with Crippen LogP contribution in [0.4, 0.5) is 0 Å². The van der Waals surface area contributed by atoms with Gasteiger partial charge in [0, 0.05) is 18.7 Å². The van der Waals surface area contributed by atoms with Gasteiger partial charge < -0.3 is 10.3 Å². The monoisotopic (exact) mass is 328 g/mol. The molecule has 2 aromatic rings. The van der Waals surface area contributed by atoms with Crippen LogP contribution in [0.15, 0.2) is 35.1 Å². The highest BCUT2D eigenvalue weighted by Crippen LogP contribution is 2.22. The van der Waals surface area contributed by atoms with Gasteiger partial charge in [-0.25, -0.2) is 0 Å². The molecule has 0 aliphatic heterocycles. The Bertz CT molecular complexity index is 719. The molecule has 132 valence electrons. The predicted molar refractivity (Wildman–Crippen MR) is 103 cm³/mol. The van der Waals surface area contributed by atoms with Gasteiger partial charge in [-0.2, -0.15) is 0 Å². The van der Waals surface area contributed by atoms with Gasteiger partial charge in [0.15, 0.2) is 0 Å². The molecule has 24 heavy (non-hydrogen) atoms. The first-order valence-corrected chi connectivity index (χ1v) is 9.28. The van der Waals surface area contributed by atoms with E-state index in [1.807, 2.05) is 10.6 Å². The topological polar surface area (TPSA) is 48.0 Å². The van der Waals surface area contributed by atoms with Crippen LogP contribution in [0.3, 0.4) is 0 Å². The van der Waals surface area contributed by atoms with Crippen LogP contribution in [0.2, 0.25) is 0 Å². The zero-order chi connectivity index (χ0) is 17.7. The standard InChI is InChI=1S/C21H32N2O/c1-5-6-19(22)11-8-16(3)17(4)14-23-20-13-15(2)7-9-18(20)10-12-21(23)24/h7,9-10,12-13,16-17,19H,5-6,8,11,14,22H2,1-4H3. The van der Waals surface area contributed by atoms with E-state index in [0.717, 1.165) is 43.1 Å². The van der Waals surface area contributed by atoms with E-state index in [1.165, 1.54) is 5.56 Å². The number of nitrogens with two attached hydrogens (primary N) is 1. The van der Waals surface area contributed by atoms with E-state index in [4.69, 9.17) is 5.73 Å². The Morgan fingerprint density at radius 2 is 1.75 bits per heavy atom. The highest BCUT2D eigenvalue weighted by Gasteiger charge is 2.16. The maximum Gasteiger partial charge on any atom is 0.251 e. The average Bonchev–Trinajstić information content (AvgIpc) is 2.55. The quantitative estimate of drug-likeness (QED) is 0.776. The van der Waals surface area contributed by atoms with Crippen LogP contribution < -0.4 is 11.3 Å². The van der Waals surface area contributed by atoms with Crippen LogP contribution in [-0.4, -0.2) is 10.6 Å². The maximum atomic E-state index is 12.4. The minimum Gasteiger partial charge on any atom is -0.328 e. The minimum atomic E-state index is 0.0924. The molecule has 0 bridgehead atoms. The summed E-state index contributed by atoms with van der Waals surface area (Å²) >= 11 is 0. The summed E-state index contributed by atoms with van der Waals surface area (Å²) < 4.78 is 1.94. The first kappa shape index (κ1) is 18.7. The molecule has 3 unspecified atom stereocenters. The number of benzene rings is 1. The Morgan fingerprint density at radius 1 is 1.04 bits per heavy atom. The second kappa shape index (κ2) is 8.48. The van der Waals surface area contributed by atoms with E-state index in [-0.39, 0.29) is 5.56 Å². The van der Waals surface area contributed by atoms with Crippen molar-refractivity contribution in [2.45, 2.75) is 66.0 Å². The summed E-state index contributed by atoms with van der Waals surface area (Å²) in [5.74, 6) is 1.00. The molecule has 1 aromatic carbocycles. The van der Waals surface area contributed by atoms with E-state index in [0.29, 0.717) is 17.9 Å². The van der Waals surface area contributed by atoms with Crippen molar-refractivity contribution in [3.05, 3.63) is 46.2 Å². The zero-order valence-electron chi connectivity index (χ0n) is 15.6. The van der Waals surface area contributed by atoms with Crippen LogP contribution in [0.25, 0.3) is 10.9 Å². The molecule has 0 radical (unpaired) electrons. The number of rotatable bonds is 8. The summed E-state index contributed by atoms with van der Waals surface area (Å²) in [4.78, 5) is 12.4. The third-order valence-electron chi connectivity index (χ3n) is 5.24. The van der Waals surface area contributed by atoms with E-state index in [2.05, 4.69) is 45.9 Å². The second-order valence-corrected chi connectivity index (χ2v) is 7.43.